The van der Waals surface area contributed by atoms with Crippen LogP contribution in [0.1, 0.15) is 6.92 Å². The van der Waals surface area contributed by atoms with Crippen molar-refractivity contribution >= 4 is 22.1 Å². The second kappa shape index (κ2) is 7.69. The van der Waals surface area contributed by atoms with Crippen LogP contribution in [0.15, 0.2) is 40.3 Å². The van der Waals surface area contributed by atoms with Gasteiger partial charge in [-0.1, -0.05) is 6.07 Å². The SMILES string of the molecule is COS/C(=C\C(C)O)N(C)S(=O)(=O)c1cccc(OC)c1. The largest absolute Gasteiger partial charge is 0.497 e. The molecule has 0 fully saturated rings. The smallest absolute Gasteiger partial charge is 0.264 e. The quantitative estimate of drug-likeness (QED) is 0.767. The normalized spacial score (nSPS) is 13.9. The van der Waals surface area contributed by atoms with E-state index in [1.807, 2.05) is 0 Å². The molecule has 0 heterocycles. The summed E-state index contributed by atoms with van der Waals surface area (Å²) < 4.78 is 36.2. The van der Waals surface area contributed by atoms with Crippen molar-refractivity contribution in [1.29, 1.82) is 0 Å². The molecule has 1 unspecified atom stereocenters. The fourth-order valence-electron chi connectivity index (χ4n) is 1.52. The Morgan fingerprint density at radius 1 is 1.43 bits per heavy atom. The molecule has 0 saturated carbocycles. The maximum Gasteiger partial charge on any atom is 0.264 e. The van der Waals surface area contributed by atoms with Gasteiger partial charge in [-0.3, -0.25) is 4.31 Å². The van der Waals surface area contributed by atoms with Crippen LogP contribution in [0, 0.1) is 0 Å². The highest BCUT2D eigenvalue weighted by atomic mass is 32.2. The Hall–Kier alpha value is -1.22. The van der Waals surface area contributed by atoms with Crippen LogP contribution in [-0.4, -0.2) is 45.2 Å². The van der Waals surface area contributed by atoms with Gasteiger partial charge in [-0.05, 0) is 25.1 Å². The predicted octanol–water partition coefficient (Wildman–Crippen LogP) is 1.83. The number of rotatable bonds is 7. The van der Waals surface area contributed by atoms with Crippen LogP contribution < -0.4 is 4.74 Å². The zero-order valence-corrected chi connectivity index (χ0v) is 13.9. The zero-order valence-electron chi connectivity index (χ0n) is 12.3. The third-order valence-corrected chi connectivity index (χ3v) is 5.19. The van der Waals surface area contributed by atoms with E-state index in [4.69, 9.17) is 8.92 Å². The van der Waals surface area contributed by atoms with E-state index in [2.05, 4.69) is 0 Å². The van der Waals surface area contributed by atoms with E-state index >= 15 is 0 Å². The Morgan fingerprint density at radius 2 is 2.10 bits per heavy atom. The molecule has 0 aromatic heterocycles. The number of nitrogens with zero attached hydrogens (tertiary/aromatic N) is 1. The van der Waals surface area contributed by atoms with Gasteiger partial charge in [0, 0.05) is 25.2 Å². The maximum absolute atomic E-state index is 12.6. The molecule has 1 atom stereocenters. The minimum absolute atomic E-state index is 0.0949. The van der Waals surface area contributed by atoms with Crippen LogP contribution in [0.25, 0.3) is 0 Å². The molecule has 8 heteroatoms. The minimum atomic E-state index is -3.77. The van der Waals surface area contributed by atoms with E-state index in [0.29, 0.717) is 5.75 Å². The number of sulfonamides is 1. The maximum atomic E-state index is 12.6. The van der Waals surface area contributed by atoms with Crippen LogP contribution in [0.2, 0.25) is 0 Å². The molecular weight excluding hydrogens is 314 g/mol. The van der Waals surface area contributed by atoms with Crippen molar-refractivity contribution in [3.63, 3.8) is 0 Å². The first-order valence-corrected chi connectivity index (χ1v) is 8.24. The van der Waals surface area contributed by atoms with E-state index in [-0.39, 0.29) is 9.92 Å². The van der Waals surface area contributed by atoms with E-state index in [9.17, 15) is 13.5 Å². The number of aliphatic hydroxyl groups is 1. The van der Waals surface area contributed by atoms with Gasteiger partial charge >= 0.3 is 0 Å². The molecule has 0 bridgehead atoms. The molecule has 0 aliphatic carbocycles. The van der Waals surface area contributed by atoms with Crippen LogP contribution >= 0.6 is 12.0 Å². The Kier molecular flexibility index (Phi) is 6.53. The van der Waals surface area contributed by atoms with Crippen molar-refractivity contribution in [3.05, 3.63) is 35.4 Å². The van der Waals surface area contributed by atoms with E-state index in [1.54, 1.807) is 12.1 Å². The zero-order chi connectivity index (χ0) is 16.0. The Balaban J connectivity index is 3.20. The third-order valence-electron chi connectivity index (χ3n) is 2.56. The van der Waals surface area contributed by atoms with Gasteiger partial charge in [0.05, 0.1) is 25.2 Å². The second-order valence-corrected chi connectivity index (χ2v) is 7.03. The lowest BCUT2D eigenvalue weighted by Gasteiger charge is -2.21. The summed E-state index contributed by atoms with van der Waals surface area (Å²) in [6.07, 6.45) is 0.594. The summed E-state index contributed by atoms with van der Waals surface area (Å²) >= 11 is 0.861. The minimum Gasteiger partial charge on any atom is -0.497 e. The summed E-state index contributed by atoms with van der Waals surface area (Å²) in [6.45, 7) is 1.53. The van der Waals surface area contributed by atoms with Crippen molar-refractivity contribution in [1.82, 2.24) is 4.31 Å². The predicted molar refractivity (Wildman–Crippen MR) is 82.3 cm³/mol. The van der Waals surface area contributed by atoms with Crippen molar-refractivity contribution in [2.24, 2.45) is 0 Å². The number of ether oxygens (including phenoxy) is 1. The molecule has 1 N–H and O–H groups in total. The molecule has 1 aromatic rings. The number of hydrogen-bond acceptors (Lipinski definition) is 6. The highest BCUT2D eigenvalue weighted by Gasteiger charge is 2.24. The standard InChI is InChI=1S/C13H19NO5S2/c1-10(15)8-13(20-19-4)14(2)21(16,17)12-7-5-6-11(9-12)18-3/h5-10,15H,1-4H3/b13-8-. The molecule has 0 radical (unpaired) electrons. The molecule has 0 aliphatic heterocycles. The average Bonchev–Trinajstić information content (AvgIpc) is 2.45. The van der Waals surface area contributed by atoms with Crippen LogP contribution in [0.3, 0.4) is 0 Å². The lowest BCUT2D eigenvalue weighted by Crippen LogP contribution is -2.26. The molecule has 6 nitrogen and oxygen atoms in total. The number of hydrogen-bond donors (Lipinski definition) is 1. The molecule has 118 valence electrons. The van der Waals surface area contributed by atoms with E-state index in [1.165, 1.54) is 46.4 Å². The van der Waals surface area contributed by atoms with Gasteiger partial charge in [0.25, 0.3) is 10.0 Å². The van der Waals surface area contributed by atoms with Gasteiger partial charge < -0.3 is 14.0 Å². The highest BCUT2D eigenvalue weighted by Crippen LogP contribution is 2.28. The van der Waals surface area contributed by atoms with Crippen molar-refractivity contribution < 1.29 is 22.4 Å². The van der Waals surface area contributed by atoms with Crippen molar-refractivity contribution in [3.8, 4) is 5.75 Å². The molecular formula is C13H19NO5S2. The molecule has 21 heavy (non-hydrogen) atoms. The van der Waals surface area contributed by atoms with Gasteiger partial charge in [-0.25, -0.2) is 8.42 Å². The summed E-state index contributed by atoms with van der Waals surface area (Å²) in [5.41, 5.74) is 0. The highest BCUT2D eigenvalue weighted by molar-refractivity contribution is 7.99. The fraction of sp³-hybridized carbons (Fsp3) is 0.385. The van der Waals surface area contributed by atoms with Gasteiger partial charge in [0.2, 0.25) is 0 Å². The topological polar surface area (TPSA) is 76.1 Å². The number of methoxy groups -OCH3 is 1. The van der Waals surface area contributed by atoms with Gasteiger partial charge in [-0.15, -0.1) is 0 Å². The molecule has 0 spiro atoms. The molecule has 0 amide bonds. The van der Waals surface area contributed by atoms with E-state index in [0.717, 1.165) is 16.3 Å². The van der Waals surface area contributed by atoms with Crippen LogP contribution in [-0.2, 0) is 14.2 Å². The lowest BCUT2D eigenvalue weighted by molar-refractivity contribution is 0.242. The third kappa shape index (κ3) is 4.63. The first-order chi connectivity index (χ1) is 9.82. The monoisotopic (exact) mass is 333 g/mol. The Bertz CT molecular complexity index is 598. The molecule has 1 aromatic carbocycles. The van der Waals surface area contributed by atoms with Crippen molar-refractivity contribution in [2.45, 2.75) is 17.9 Å². The Morgan fingerprint density at radius 3 is 2.62 bits per heavy atom. The van der Waals surface area contributed by atoms with Gasteiger partial charge in [0.1, 0.15) is 10.8 Å². The van der Waals surface area contributed by atoms with Crippen LogP contribution in [0.5, 0.6) is 5.75 Å². The lowest BCUT2D eigenvalue weighted by atomic mass is 10.3. The fourth-order valence-corrected chi connectivity index (χ4v) is 3.56. The summed E-state index contributed by atoms with van der Waals surface area (Å²) in [6, 6.07) is 6.17. The molecule has 1 rings (SSSR count). The van der Waals surface area contributed by atoms with Crippen molar-refractivity contribution in [2.75, 3.05) is 21.3 Å². The Labute approximate surface area is 129 Å². The van der Waals surface area contributed by atoms with Crippen LogP contribution in [0.4, 0.5) is 0 Å². The van der Waals surface area contributed by atoms with Gasteiger partial charge in [-0.2, -0.15) is 0 Å². The molecule has 0 saturated heterocycles. The first-order valence-electron chi connectivity index (χ1n) is 6.06. The summed E-state index contributed by atoms with van der Waals surface area (Å²) in [5.74, 6) is 0.449. The summed E-state index contributed by atoms with van der Waals surface area (Å²) in [5, 5.41) is 9.70. The number of aliphatic hydroxyl groups excluding tert-OH is 1. The average molecular weight is 333 g/mol. The van der Waals surface area contributed by atoms with Gasteiger partial charge in [0.15, 0.2) is 0 Å². The summed E-state index contributed by atoms with van der Waals surface area (Å²) in [7, 11) is 0.523. The van der Waals surface area contributed by atoms with E-state index < -0.39 is 16.1 Å². The first kappa shape index (κ1) is 17.8. The second-order valence-electron chi connectivity index (χ2n) is 4.15. The molecule has 0 aliphatic rings. The summed E-state index contributed by atoms with van der Waals surface area (Å²) in [4.78, 5) is 0.0949. The number of benzene rings is 1.